The van der Waals surface area contributed by atoms with Gasteiger partial charge in [-0.2, -0.15) is 0 Å². The second kappa shape index (κ2) is 19.9. The van der Waals surface area contributed by atoms with E-state index in [4.69, 9.17) is 0 Å². The molecule has 0 bridgehead atoms. The van der Waals surface area contributed by atoms with Crippen molar-refractivity contribution in [1.29, 1.82) is 0 Å². The first kappa shape index (κ1) is 29.5. The number of rotatable bonds is 20. The predicted molar refractivity (Wildman–Crippen MR) is 140 cm³/mol. The van der Waals surface area contributed by atoms with Gasteiger partial charge >= 0.3 is 0 Å². The zero-order chi connectivity index (χ0) is 22.7. The van der Waals surface area contributed by atoms with Gasteiger partial charge in [0.2, 0.25) is 6.33 Å². The monoisotopic (exact) mass is 472 g/mol. The Balaban J connectivity index is 0.00000544. The summed E-state index contributed by atoms with van der Waals surface area (Å²) in [6, 6.07) is 8.51. The lowest BCUT2D eigenvalue weighted by molar-refractivity contribution is -0.687. The number of nitrogens with zero attached hydrogens (tertiary/aromatic N) is 2. The highest BCUT2D eigenvalue weighted by Crippen LogP contribution is 2.14. The molecule has 0 N–H and O–H groups in total. The lowest BCUT2D eigenvalue weighted by Crippen LogP contribution is -3.00. The summed E-state index contributed by atoms with van der Waals surface area (Å²) >= 11 is 0. The average molecular weight is 473 g/mol. The van der Waals surface area contributed by atoms with Gasteiger partial charge in [0.05, 0.1) is 6.54 Å². The molecule has 0 atom stereocenters. The maximum atomic E-state index is 3.93. The first-order valence-corrected chi connectivity index (χ1v) is 13.6. The van der Waals surface area contributed by atoms with Crippen molar-refractivity contribution < 1.29 is 17.0 Å². The van der Waals surface area contributed by atoms with E-state index >= 15 is 0 Å². The van der Waals surface area contributed by atoms with Crippen LogP contribution in [0.1, 0.15) is 121 Å². The lowest BCUT2D eigenvalue weighted by atomic mass is 10.0. The molecule has 0 unspecified atom stereocenters. The number of aryl methyl sites for hydroxylation is 1. The third-order valence-corrected chi connectivity index (χ3v) is 6.64. The number of imidazole rings is 1. The fourth-order valence-corrected chi connectivity index (χ4v) is 4.58. The summed E-state index contributed by atoms with van der Waals surface area (Å²) in [5.41, 5.74) is 2.55. The van der Waals surface area contributed by atoms with E-state index in [9.17, 15) is 0 Å². The van der Waals surface area contributed by atoms with E-state index < -0.39 is 0 Å². The van der Waals surface area contributed by atoms with Gasteiger partial charge in [-0.3, -0.25) is 0 Å². The van der Waals surface area contributed by atoms with Crippen molar-refractivity contribution in [3.8, 4) is 0 Å². The Morgan fingerprint density at radius 3 is 1.82 bits per heavy atom. The molecule has 0 aliphatic heterocycles. The third kappa shape index (κ3) is 13.7. The van der Waals surface area contributed by atoms with Gasteiger partial charge in [0.25, 0.3) is 0 Å². The molecule has 1 aromatic heterocycles. The highest BCUT2D eigenvalue weighted by Gasteiger charge is 2.06. The molecule has 0 spiro atoms. The molecular weight excluding hydrogens is 424 g/mol. The fourth-order valence-electron chi connectivity index (χ4n) is 4.58. The van der Waals surface area contributed by atoms with Crippen molar-refractivity contribution in [3.63, 3.8) is 0 Å². The molecule has 0 aliphatic rings. The van der Waals surface area contributed by atoms with E-state index in [2.05, 4.69) is 65.6 Å². The molecule has 1 heterocycles. The molecule has 0 saturated carbocycles. The van der Waals surface area contributed by atoms with Crippen molar-refractivity contribution in [2.45, 2.75) is 123 Å². The maximum Gasteiger partial charge on any atom is 0.244 e. The Bertz CT molecular complexity index is 722. The predicted octanol–water partition coefficient (Wildman–Crippen LogP) is 5.73. The van der Waals surface area contributed by atoms with Crippen LogP contribution in [0.2, 0.25) is 0 Å². The van der Waals surface area contributed by atoms with Crippen LogP contribution < -0.4 is 17.0 Å². The molecule has 2 aromatic rings. The van der Waals surface area contributed by atoms with Crippen LogP contribution in [0.15, 0.2) is 49.6 Å². The Hall–Kier alpha value is -1.54. The molecule has 0 aliphatic carbocycles. The van der Waals surface area contributed by atoms with Gasteiger partial charge in [-0.25, -0.2) is 9.13 Å². The van der Waals surface area contributed by atoms with Crippen LogP contribution in [-0.4, -0.2) is 4.57 Å². The zero-order valence-corrected chi connectivity index (χ0v) is 22.1. The molecule has 0 amide bonds. The number of unbranched alkanes of at least 4 members (excludes halogenated alkanes) is 15. The number of benzene rings is 1. The quantitative estimate of drug-likeness (QED) is 0.172. The minimum atomic E-state index is 0. The molecule has 2 nitrogen and oxygen atoms in total. The highest BCUT2D eigenvalue weighted by molar-refractivity contribution is 5.51. The van der Waals surface area contributed by atoms with E-state index in [0.717, 1.165) is 13.1 Å². The lowest BCUT2D eigenvalue weighted by Gasteiger charge is -2.03. The van der Waals surface area contributed by atoms with Crippen LogP contribution in [-0.2, 0) is 13.1 Å². The molecule has 0 fully saturated rings. The fraction of sp³-hybridized carbons (Fsp3) is 0.633. The summed E-state index contributed by atoms with van der Waals surface area (Å²) in [5, 5.41) is 0. The summed E-state index contributed by atoms with van der Waals surface area (Å²) in [6.07, 6.45) is 31.4. The molecule has 33 heavy (non-hydrogen) atoms. The molecule has 0 saturated heterocycles. The molecule has 1 aromatic carbocycles. The summed E-state index contributed by atoms with van der Waals surface area (Å²) < 4.78 is 4.61. The summed E-state index contributed by atoms with van der Waals surface area (Å²) in [5.74, 6) is 0. The van der Waals surface area contributed by atoms with Gasteiger partial charge in [0, 0.05) is 5.56 Å². The van der Waals surface area contributed by atoms with Crippen LogP contribution >= 0.6 is 0 Å². The molecule has 3 heteroatoms. The van der Waals surface area contributed by atoms with Gasteiger partial charge in [0.1, 0.15) is 18.9 Å². The minimum Gasteiger partial charge on any atom is -1.00 e. The van der Waals surface area contributed by atoms with Crippen molar-refractivity contribution in [2.75, 3.05) is 0 Å². The topological polar surface area (TPSA) is 8.81 Å². The number of aromatic nitrogens is 2. The SMILES string of the molecule is C=Cc1ccccc1C[n+]1ccn(CCCCCCCCCCCCCCCCCC)c1.[Cl-]. The van der Waals surface area contributed by atoms with E-state index in [1.807, 2.05) is 6.08 Å². The van der Waals surface area contributed by atoms with Crippen molar-refractivity contribution >= 4 is 6.08 Å². The van der Waals surface area contributed by atoms with Gasteiger partial charge in [-0.1, -0.05) is 134 Å². The second-order valence-electron chi connectivity index (χ2n) is 9.53. The van der Waals surface area contributed by atoms with Crippen LogP contribution in [0.5, 0.6) is 0 Å². The normalized spacial score (nSPS) is 10.8. The second-order valence-corrected chi connectivity index (χ2v) is 9.53. The van der Waals surface area contributed by atoms with E-state index in [-0.39, 0.29) is 12.4 Å². The summed E-state index contributed by atoms with van der Waals surface area (Å²) in [6.45, 7) is 8.27. The van der Waals surface area contributed by atoms with Crippen LogP contribution in [0.3, 0.4) is 0 Å². The van der Waals surface area contributed by atoms with E-state index in [1.165, 1.54) is 114 Å². The zero-order valence-electron chi connectivity index (χ0n) is 21.3. The van der Waals surface area contributed by atoms with Gasteiger partial charge in [-0.15, -0.1) is 0 Å². The average Bonchev–Trinajstić information content (AvgIpc) is 3.26. The molecular formula is C30H49ClN2. The van der Waals surface area contributed by atoms with E-state index in [0.29, 0.717) is 0 Å². The standard InChI is InChI=1S/C30H49N2.ClH/c1-3-5-6-7-8-9-10-11-12-13-14-15-16-17-18-21-24-31-25-26-32(28-31)27-30-23-20-19-22-29(30)4-2;/h4,19-20,22-23,25-26,28H,2-3,5-18,21,24,27H2,1H3;1H/q+1;/p-1. The first-order valence-electron chi connectivity index (χ1n) is 13.6. The summed E-state index contributed by atoms with van der Waals surface area (Å²) in [7, 11) is 0. The van der Waals surface area contributed by atoms with Gasteiger partial charge < -0.3 is 12.4 Å². The number of hydrogen-bond donors (Lipinski definition) is 0. The smallest absolute Gasteiger partial charge is 0.244 e. The van der Waals surface area contributed by atoms with Crippen LogP contribution in [0, 0.1) is 0 Å². The van der Waals surface area contributed by atoms with E-state index in [1.54, 1.807) is 0 Å². The van der Waals surface area contributed by atoms with Gasteiger partial charge in [-0.05, 0) is 18.4 Å². The Morgan fingerprint density at radius 1 is 0.758 bits per heavy atom. The first-order chi connectivity index (χ1) is 15.8. The van der Waals surface area contributed by atoms with Crippen LogP contribution in [0.25, 0.3) is 6.08 Å². The Labute approximate surface area is 210 Å². The molecule has 0 radical (unpaired) electrons. The molecule has 186 valence electrons. The van der Waals surface area contributed by atoms with Gasteiger partial charge in [0.15, 0.2) is 0 Å². The van der Waals surface area contributed by atoms with Crippen molar-refractivity contribution in [2.24, 2.45) is 0 Å². The van der Waals surface area contributed by atoms with Crippen LogP contribution in [0.4, 0.5) is 0 Å². The van der Waals surface area contributed by atoms with Crippen molar-refractivity contribution in [1.82, 2.24) is 4.57 Å². The summed E-state index contributed by atoms with van der Waals surface area (Å²) in [4.78, 5) is 0. The maximum absolute atomic E-state index is 3.93. The molecule has 2 rings (SSSR count). The highest BCUT2D eigenvalue weighted by atomic mass is 35.5. The Kier molecular flexibility index (Phi) is 17.8. The minimum absolute atomic E-state index is 0. The third-order valence-electron chi connectivity index (χ3n) is 6.64. The largest absolute Gasteiger partial charge is 1.00 e. The number of halogens is 1. The van der Waals surface area contributed by atoms with Crippen molar-refractivity contribution in [3.05, 3.63) is 60.7 Å². The number of hydrogen-bond acceptors (Lipinski definition) is 0. The Morgan fingerprint density at radius 2 is 1.27 bits per heavy atom.